The number of benzene rings is 1. The number of rotatable bonds is 6. The monoisotopic (exact) mass is 318 g/mol. The van der Waals surface area contributed by atoms with Gasteiger partial charge in [0.1, 0.15) is 6.10 Å². The van der Waals surface area contributed by atoms with Crippen molar-refractivity contribution in [1.29, 1.82) is 0 Å². The van der Waals surface area contributed by atoms with Gasteiger partial charge < -0.3 is 9.47 Å². The Morgan fingerprint density at radius 3 is 2.48 bits per heavy atom. The van der Waals surface area contributed by atoms with Gasteiger partial charge in [0, 0.05) is 12.3 Å². The SMILES string of the molecule is CCOC(=O)C[C@@H]1C[C@@H]([C@@H](C)OC(=O)c2ccccc2)C1(C)C. The Morgan fingerprint density at radius 2 is 1.91 bits per heavy atom. The van der Waals surface area contributed by atoms with Crippen LogP contribution < -0.4 is 0 Å². The van der Waals surface area contributed by atoms with Crippen molar-refractivity contribution < 1.29 is 19.1 Å². The van der Waals surface area contributed by atoms with Gasteiger partial charge in [0.15, 0.2) is 0 Å². The van der Waals surface area contributed by atoms with Gasteiger partial charge in [0.05, 0.1) is 12.2 Å². The molecular formula is C19H26O4. The van der Waals surface area contributed by atoms with Gasteiger partial charge in [0.25, 0.3) is 0 Å². The molecule has 4 heteroatoms. The minimum absolute atomic E-state index is 0.0385. The van der Waals surface area contributed by atoms with E-state index in [1.165, 1.54) is 0 Å². The third-order valence-electron chi connectivity index (χ3n) is 5.13. The Kier molecular flexibility index (Phi) is 5.45. The molecule has 0 radical (unpaired) electrons. The Morgan fingerprint density at radius 1 is 1.26 bits per heavy atom. The molecule has 1 aromatic rings. The van der Waals surface area contributed by atoms with E-state index >= 15 is 0 Å². The van der Waals surface area contributed by atoms with Gasteiger partial charge in [0.2, 0.25) is 0 Å². The maximum Gasteiger partial charge on any atom is 0.338 e. The van der Waals surface area contributed by atoms with Crippen LogP contribution in [0.2, 0.25) is 0 Å². The molecule has 3 atom stereocenters. The van der Waals surface area contributed by atoms with Crippen LogP contribution in [0.5, 0.6) is 0 Å². The molecule has 0 saturated heterocycles. The molecular weight excluding hydrogens is 292 g/mol. The van der Waals surface area contributed by atoms with E-state index in [1.54, 1.807) is 12.1 Å². The van der Waals surface area contributed by atoms with Gasteiger partial charge in [-0.05, 0) is 43.7 Å². The number of hydrogen-bond acceptors (Lipinski definition) is 4. The van der Waals surface area contributed by atoms with Crippen molar-refractivity contribution in [2.75, 3.05) is 6.61 Å². The second-order valence-corrected chi connectivity index (χ2v) is 6.85. The van der Waals surface area contributed by atoms with Crippen LogP contribution in [0.3, 0.4) is 0 Å². The highest BCUT2D eigenvalue weighted by Gasteiger charge is 2.51. The molecule has 0 amide bonds. The number of hydrogen-bond donors (Lipinski definition) is 0. The summed E-state index contributed by atoms with van der Waals surface area (Å²) in [7, 11) is 0. The molecule has 0 spiro atoms. The van der Waals surface area contributed by atoms with E-state index in [2.05, 4.69) is 13.8 Å². The van der Waals surface area contributed by atoms with E-state index < -0.39 is 0 Å². The smallest absolute Gasteiger partial charge is 0.338 e. The maximum absolute atomic E-state index is 12.2. The third kappa shape index (κ3) is 3.92. The first-order chi connectivity index (χ1) is 10.9. The quantitative estimate of drug-likeness (QED) is 0.748. The summed E-state index contributed by atoms with van der Waals surface area (Å²) < 4.78 is 10.7. The predicted octanol–water partition coefficient (Wildman–Crippen LogP) is 3.85. The molecule has 2 rings (SSSR count). The van der Waals surface area contributed by atoms with Gasteiger partial charge in [-0.2, -0.15) is 0 Å². The molecule has 0 aliphatic heterocycles. The predicted molar refractivity (Wildman–Crippen MR) is 87.9 cm³/mol. The first-order valence-electron chi connectivity index (χ1n) is 8.27. The highest BCUT2D eigenvalue weighted by molar-refractivity contribution is 5.89. The second kappa shape index (κ2) is 7.16. The first-order valence-corrected chi connectivity index (χ1v) is 8.27. The van der Waals surface area contributed by atoms with E-state index in [9.17, 15) is 9.59 Å². The van der Waals surface area contributed by atoms with Crippen molar-refractivity contribution >= 4 is 11.9 Å². The fourth-order valence-electron chi connectivity index (χ4n) is 3.51. The summed E-state index contributed by atoms with van der Waals surface area (Å²) in [5, 5.41) is 0. The number of carbonyl (C=O) groups excluding carboxylic acids is 2. The lowest BCUT2D eigenvalue weighted by Gasteiger charge is -2.54. The van der Waals surface area contributed by atoms with Crippen LogP contribution in [0.15, 0.2) is 30.3 Å². The first kappa shape index (κ1) is 17.5. The summed E-state index contributed by atoms with van der Waals surface area (Å²) in [6.07, 6.45) is 1.15. The lowest BCUT2D eigenvalue weighted by molar-refractivity contribution is -0.153. The van der Waals surface area contributed by atoms with E-state index in [1.807, 2.05) is 32.0 Å². The van der Waals surface area contributed by atoms with Gasteiger partial charge in [-0.15, -0.1) is 0 Å². The van der Waals surface area contributed by atoms with E-state index in [0.717, 1.165) is 6.42 Å². The van der Waals surface area contributed by atoms with Crippen molar-refractivity contribution in [3.05, 3.63) is 35.9 Å². The van der Waals surface area contributed by atoms with Gasteiger partial charge in [-0.3, -0.25) is 4.79 Å². The molecule has 23 heavy (non-hydrogen) atoms. The second-order valence-electron chi connectivity index (χ2n) is 6.85. The van der Waals surface area contributed by atoms with Crippen LogP contribution in [-0.2, 0) is 14.3 Å². The van der Waals surface area contributed by atoms with Crippen molar-refractivity contribution in [1.82, 2.24) is 0 Å². The molecule has 1 saturated carbocycles. The fraction of sp³-hybridized carbons (Fsp3) is 0.579. The molecule has 0 N–H and O–H groups in total. The molecule has 0 heterocycles. The van der Waals surface area contributed by atoms with Gasteiger partial charge in [-0.25, -0.2) is 4.79 Å². The topological polar surface area (TPSA) is 52.6 Å². The normalized spacial score (nSPS) is 23.5. The van der Waals surface area contributed by atoms with E-state index in [4.69, 9.17) is 9.47 Å². The summed E-state index contributed by atoms with van der Waals surface area (Å²) in [6.45, 7) is 8.45. The van der Waals surface area contributed by atoms with E-state index in [-0.39, 0.29) is 35.3 Å². The van der Waals surface area contributed by atoms with Crippen molar-refractivity contribution in [3.63, 3.8) is 0 Å². The number of esters is 2. The largest absolute Gasteiger partial charge is 0.466 e. The fourth-order valence-corrected chi connectivity index (χ4v) is 3.51. The van der Waals surface area contributed by atoms with Crippen LogP contribution in [0.1, 0.15) is 50.9 Å². The van der Waals surface area contributed by atoms with Crippen molar-refractivity contribution in [3.8, 4) is 0 Å². The molecule has 1 aromatic carbocycles. The molecule has 0 bridgehead atoms. The summed E-state index contributed by atoms with van der Waals surface area (Å²) in [6, 6.07) is 9.03. The standard InChI is InChI=1S/C19H26O4/c1-5-22-17(20)12-15-11-16(19(15,3)4)13(2)23-18(21)14-9-7-6-8-10-14/h6-10,13,15-16H,5,11-12H2,1-4H3/t13-,15+,16+/m1/s1. The minimum atomic E-state index is -0.289. The average Bonchev–Trinajstić information content (AvgIpc) is 2.52. The molecule has 1 aliphatic carbocycles. The Balaban J connectivity index is 1.90. The summed E-state index contributed by atoms with van der Waals surface area (Å²) in [5.41, 5.74) is 0.530. The number of carbonyl (C=O) groups is 2. The molecule has 126 valence electrons. The summed E-state index contributed by atoms with van der Waals surface area (Å²) >= 11 is 0. The number of ether oxygens (including phenoxy) is 2. The van der Waals surface area contributed by atoms with Gasteiger partial charge in [-0.1, -0.05) is 32.0 Å². The Bertz CT molecular complexity index is 550. The van der Waals surface area contributed by atoms with Crippen LogP contribution in [0.25, 0.3) is 0 Å². The van der Waals surface area contributed by atoms with E-state index in [0.29, 0.717) is 18.6 Å². The summed E-state index contributed by atoms with van der Waals surface area (Å²) in [4.78, 5) is 23.8. The van der Waals surface area contributed by atoms with Crippen LogP contribution >= 0.6 is 0 Å². The third-order valence-corrected chi connectivity index (χ3v) is 5.13. The highest BCUT2D eigenvalue weighted by Crippen LogP contribution is 2.55. The highest BCUT2D eigenvalue weighted by atomic mass is 16.5. The Hall–Kier alpha value is -1.84. The lowest BCUT2D eigenvalue weighted by atomic mass is 9.52. The molecule has 1 aliphatic rings. The maximum atomic E-state index is 12.2. The summed E-state index contributed by atoms with van der Waals surface area (Å²) in [5.74, 6) is 0.111. The van der Waals surface area contributed by atoms with Crippen LogP contribution in [-0.4, -0.2) is 24.6 Å². The zero-order chi connectivity index (χ0) is 17.0. The molecule has 4 nitrogen and oxygen atoms in total. The molecule has 1 fully saturated rings. The van der Waals surface area contributed by atoms with Crippen LogP contribution in [0, 0.1) is 17.3 Å². The average molecular weight is 318 g/mol. The molecule has 0 aromatic heterocycles. The lowest BCUT2D eigenvalue weighted by Crippen LogP contribution is -2.51. The zero-order valence-electron chi connectivity index (χ0n) is 14.4. The Labute approximate surface area is 138 Å². The van der Waals surface area contributed by atoms with Gasteiger partial charge >= 0.3 is 11.9 Å². The van der Waals surface area contributed by atoms with Crippen molar-refractivity contribution in [2.24, 2.45) is 17.3 Å². The molecule has 0 unspecified atom stereocenters. The minimum Gasteiger partial charge on any atom is -0.466 e. The zero-order valence-corrected chi connectivity index (χ0v) is 14.4. The van der Waals surface area contributed by atoms with Crippen LogP contribution in [0.4, 0.5) is 0 Å². The van der Waals surface area contributed by atoms with Crippen molar-refractivity contribution in [2.45, 2.75) is 46.6 Å².